The van der Waals surface area contributed by atoms with Crippen molar-refractivity contribution < 1.29 is 4.79 Å². The standard InChI is InChI=1S/C26H22ClN3O2S/c27-19-8-5-6-17(14-19)15-30-25(32)21-10-3-4-11-22(21)29-26(30)33-16-24(31)28-23-13-12-18-7-1-2-9-20(18)23/h1-11,14,23H,12-13,15-16H2,(H,28,31)/t23-/m0/s1. The fourth-order valence-electron chi connectivity index (χ4n) is 4.29. The Bertz CT molecular complexity index is 1400. The molecule has 1 aliphatic carbocycles. The topological polar surface area (TPSA) is 64.0 Å². The Hall–Kier alpha value is -3.09. The first kappa shape index (κ1) is 21.7. The van der Waals surface area contributed by atoms with Crippen LogP contribution in [0.15, 0.2) is 82.7 Å². The highest BCUT2D eigenvalue weighted by Crippen LogP contribution is 2.31. The van der Waals surface area contributed by atoms with Crippen molar-refractivity contribution >= 4 is 40.2 Å². The second kappa shape index (κ2) is 9.41. The van der Waals surface area contributed by atoms with Crippen LogP contribution in [0.25, 0.3) is 10.9 Å². The van der Waals surface area contributed by atoms with Crippen molar-refractivity contribution in [3.05, 3.63) is 105 Å². The summed E-state index contributed by atoms with van der Waals surface area (Å²) in [4.78, 5) is 30.8. The van der Waals surface area contributed by atoms with Gasteiger partial charge in [-0.05, 0) is 53.8 Å². The van der Waals surface area contributed by atoms with Gasteiger partial charge in [0.25, 0.3) is 5.56 Å². The van der Waals surface area contributed by atoms with Gasteiger partial charge in [-0.3, -0.25) is 14.2 Å². The lowest BCUT2D eigenvalue weighted by molar-refractivity contribution is -0.119. The van der Waals surface area contributed by atoms with Crippen molar-refractivity contribution in [2.45, 2.75) is 30.6 Å². The van der Waals surface area contributed by atoms with Gasteiger partial charge in [-0.2, -0.15) is 0 Å². The summed E-state index contributed by atoms with van der Waals surface area (Å²) < 4.78 is 1.62. The quantitative estimate of drug-likeness (QED) is 0.315. The van der Waals surface area contributed by atoms with Gasteiger partial charge in [-0.15, -0.1) is 0 Å². The molecule has 1 atom stereocenters. The summed E-state index contributed by atoms with van der Waals surface area (Å²) in [5.41, 5.74) is 3.88. The Labute approximate surface area is 200 Å². The average molecular weight is 476 g/mol. The van der Waals surface area contributed by atoms with Crippen molar-refractivity contribution in [3.63, 3.8) is 0 Å². The number of benzene rings is 3. The van der Waals surface area contributed by atoms with E-state index in [0.29, 0.717) is 27.6 Å². The van der Waals surface area contributed by atoms with Gasteiger partial charge in [0.2, 0.25) is 5.91 Å². The molecular formula is C26H22ClN3O2S. The molecular weight excluding hydrogens is 454 g/mol. The molecule has 1 amide bonds. The highest BCUT2D eigenvalue weighted by Gasteiger charge is 2.23. The molecule has 1 N–H and O–H groups in total. The van der Waals surface area contributed by atoms with E-state index < -0.39 is 0 Å². The fourth-order valence-corrected chi connectivity index (χ4v) is 5.31. The van der Waals surface area contributed by atoms with Gasteiger partial charge in [0, 0.05) is 5.02 Å². The van der Waals surface area contributed by atoms with E-state index in [2.05, 4.69) is 17.4 Å². The SMILES string of the molecule is O=C(CSc1nc2ccccc2c(=O)n1Cc1cccc(Cl)c1)N[C@H]1CCc2ccccc21. The number of carbonyl (C=O) groups is 1. The number of carbonyl (C=O) groups excluding carboxylic acids is 1. The minimum Gasteiger partial charge on any atom is -0.349 e. The molecule has 0 saturated carbocycles. The Morgan fingerprint density at radius 1 is 1.09 bits per heavy atom. The lowest BCUT2D eigenvalue weighted by atomic mass is 10.1. The summed E-state index contributed by atoms with van der Waals surface area (Å²) in [5, 5.41) is 4.82. The molecule has 3 aromatic carbocycles. The zero-order chi connectivity index (χ0) is 22.8. The maximum atomic E-state index is 13.3. The Morgan fingerprint density at radius 2 is 1.91 bits per heavy atom. The number of amides is 1. The maximum absolute atomic E-state index is 13.3. The van der Waals surface area contributed by atoms with Gasteiger partial charge >= 0.3 is 0 Å². The van der Waals surface area contributed by atoms with E-state index in [1.165, 1.54) is 22.9 Å². The van der Waals surface area contributed by atoms with Crippen LogP contribution in [0.5, 0.6) is 0 Å². The fraction of sp³-hybridized carbons (Fsp3) is 0.192. The minimum atomic E-state index is -0.131. The first-order valence-corrected chi connectivity index (χ1v) is 12.2. The molecule has 0 aliphatic heterocycles. The largest absolute Gasteiger partial charge is 0.349 e. The molecule has 33 heavy (non-hydrogen) atoms. The molecule has 166 valence electrons. The maximum Gasteiger partial charge on any atom is 0.262 e. The van der Waals surface area contributed by atoms with E-state index in [4.69, 9.17) is 16.6 Å². The summed E-state index contributed by atoms with van der Waals surface area (Å²) in [6.07, 6.45) is 1.88. The van der Waals surface area contributed by atoms with Crippen LogP contribution < -0.4 is 10.9 Å². The van der Waals surface area contributed by atoms with E-state index >= 15 is 0 Å². The molecule has 5 nitrogen and oxygen atoms in total. The van der Waals surface area contributed by atoms with Gasteiger partial charge in [0.15, 0.2) is 5.16 Å². The minimum absolute atomic E-state index is 0.0347. The summed E-state index contributed by atoms with van der Waals surface area (Å²) in [7, 11) is 0. The number of nitrogens with zero attached hydrogens (tertiary/aromatic N) is 2. The van der Waals surface area contributed by atoms with Crippen molar-refractivity contribution in [3.8, 4) is 0 Å². The summed E-state index contributed by atoms with van der Waals surface area (Å²) in [6, 6.07) is 23.0. The number of hydrogen-bond donors (Lipinski definition) is 1. The molecule has 0 radical (unpaired) electrons. The van der Waals surface area contributed by atoms with Crippen LogP contribution in [0, 0.1) is 0 Å². The van der Waals surface area contributed by atoms with Crippen LogP contribution in [0.3, 0.4) is 0 Å². The number of rotatable bonds is 6. The second-order valence-electron chi connectivity index (χ2n) is 8.08. The van der Waals surface area contributed by atoms with Crippen molar-refractivity contribution in [2.24, 2.45) is 0 Å². The van der Waals surface area contributed by atoms with Crippen LogP contribution in [0.4, 0.5) is 0 Å². The lowest BCUT2D eigenvalue weighted by Gasteiger charge is -2.16. The number of fused-ring (bicyclic) bond motifs is 2. The van der Waals surface area contributed by atoms with Crippen LogP contribution in [-0.4, -0.2) is 21.2 Å². The highest BCUT2D eigenvalue weighted by atomic mass is 35.5. The second-order valence-corrected chi connectivity index (χ2v) is 9.46. The third kappa shape index (κ3) is 4.68. The monoisotopic (exact) mass is 475 g/mol. The predicted octanol–water partition coefficient (Wildman–Crippen LogP) is 4.99. The molecule has 0 fully saturated rings. The Balaban J connectivity index is 1.39. The molecule has 1 aliphatic rings. The number of para-hydroxylation sites is 1. The van der Waals surface area contributed by atoms with Crippen molar-refractivity contribution in [2.75, 3.05) is 5.75 Å². The predicted molar refractivity (Wildman–Crippen MR) is 133 cm³/mol. The van der Waals surface area contributed by atoms with E-state index in [-0.39, 0.29) is 23.3 Å². The first-order chi connectivity index (χ1) is 16.1. The smallest absolute Gasteiger partial charge is 0.262 e. The van der Waals surface area contributed by atoms with Gasteiger partial charge in [-0.1, -0.05) is 71.9 Å². The van der Waals surface area contributed by atoms with Crippen molar-refractivity contribution in [1.29, 1.82) is 0 Å². The molecule has 7 heteroatoms. The summed E-state index contributed by atoms with van der Waals surface area (Å²) >= 11 is 7.42. The third-order valence-electron chi connectivity index (χ3n) is 5.86. The van der Waals surface area contributed by atoms with E-state index in [0.717, 1.165) is 18.4 Å². The Morgan fingerprint density at radius 3 is 2.79 bits per heavy atom. The zero-order valence-corrected chi connectivity index (χ0v) is 19.4. The normalized spacial score (nSPS) is 14.9. The lowest BCUT2D eigenvalue weighted by Crippen LogP contribution is -2.29. The molecule has 5 rings (SSSR count). The molecule has 1 aromatic heterocycles. The highest BCUT2D eigenvalue weighted by molar-refractivity contribution is 7.99. The molecule has 0 spiro atoms. The number of nitrogens with one attached hydrogen (secondary N) is 1. The van der Waals surface area contributed by atoms with Crippen LogP contribution in [0.1, 0.15) is 29.2 Å². The molecule has 0 bridgehead atoms. The average Bonchev–Trinajstić information content (AvgIpc) is 3.22. The summed E-state index contributed by atoms with van der Waals surface area (Å²) in [5.74, 6) is 0.109. The molecule has 4 aromatic rings. The number of thioether (sulfide) groups is 1. The van der Waals surface area contributed by atoms with Crippen LogP contribution in [-0.2, 0) is 17.8 Å². The van der Waals surface area contributed by atoms with E-state index in [1.807, 2.05) is 48.5 Å². The molecule has 0 unspecified atom stereocenters. The number of aryl methyl sites for hydroxylation is 1. The van der Waals surface area contributed by atoms with E-state index in [1.54, 1.807) is 16.7 Å². The summed E-state index contributed by atoms with van der Waals surface area (Å²) in [6.45, 7) is 0.331. The first-order valence-electron chi connectivity index (χ1n) is 10.8. The van der Waals surface area contributed by atoms with E-state index in [9.17, 15) is 9.59 Å². The number of aromatic nitrogens is 2. The van der Waals surface area contributed by atoms with Gasteiger partial charge in [-0.25, -0.2) is 4.98 Å². The Kier molecular flexibility index (Phi) is 6.20. The van der Waals surface area contributed by atoms with Gasteiger partial charge < -0.3 is 5.32 Å². The zero-order valence-electron chi connectivity index (χ0n) is 17.8. The van der Waals surface area contributed by atoms with Gasteiger partial charge in [0.05, 0.1) is 29.2 Å². The number of halogens is 1. The van der Waals surface area contributed by atoms with Crippen molar-refractivity contribution in [1.82, 2.24) is 14.9 Å². The molecule has 1 heterocycles. The third-order valence-corrected chi connectivity index (χ3v) is 7.07. The molecule has 0 saturated heterocycles. The van der Waals surface area contributed by atoms with Gasteiger partial charge in [0.1, 0.15) is 0 Å². The van der Waals surface area contributed by atoms with Crippen LogP contribution >= 0.6 is 23.4 Å². The number of hydrogen-bond acceptors (Lipinski definition) is 4. The van der Waals surface area contributed by atoms with Crippen LogP contribution in [0.2, 0.25) is 5.02 Å².